The van der Waals surface area contributed by atoms with Gasteiger partial charge in [-0.15, -0.1) is 0 Å². The minimum absolute atomic E-state index is 0.0545. The molecule has 0 spiro atoms. The van der Waals surface area contributed by atoms with Gasteiger partial charge >= 0.3 is 0 Å². The molecule has 0 saturated heterocycles. The van der Waals surface area contributed by atoms with Crippen LogP contribution in [0.25, 0.3) is 0 Å². The fourth-order valence-electron chi connectivity index (χ4n) is 2.84. The quantitative estimate of drug-likeness (QED) is 0.777. The van der Waals surface area contributed by atoms with E-state index in [1.807, 2.05) is 0 Å². The first-order valence-corrected chi connectivity index (χ1v) is 7.81. The third-order valence-corrected chi connectivity index (χ3v) is 4.22. The lowest BCUT2D eigenvalue weighted by molar-refractivity contribution is -0.130. The van der Waals surface area contributed by atoms with Gasteiger partial charge in [-0.3, -0.25) is 9.59 Å². The number of hydrogen-bond donors (Lipinski definition) is 1. The molecule has 0 aromatic heterocycles. The number of ether oxygens (including phenoxy) is 1. The highest BCUT2D eigenvalue weighted by Crippen LogP contribution is 2.25. The lowest BCUT2D eigenvalue weighted by Gasteiger charge is -2.28. The van der Waals surface area contributed by atoms with Crippen molar-refractivity contribution in [3.63, 3.8) is 0 Å². The second kappa shape index (κ2) is 7.54. The van der Waals surface area contributed by atoms with Crippen LogP contribution in [0.2, 0.25) is 0 Å². The van der Waals surface area contributed by atoms with Gasteiger partial charge in [0.05, 0.1) is 12.7 Å². The van der Waals surface area contributed by atoms with Crippen molar-refractivity contribution in [2.24, 2.45) is 11.0 Å². The second-order valence-corrected chi connectivity index (χ2v) is 5.89. The minimum atomic E-state index is -0.199. The topological polar surface area (TPSA) is 71.0 Å². The van der Waals surface area contributed by atoms with Gasteiger partial charge in [-0.1, -0.05) is 19.8 Å². The molecule has 0 unspecified atom stereocenters. The largest absolute Gasteiger partial charge is 0.376 e. The third-order valence-electron chi connectivity index (χ3n) is 4.22. The van der Waals surface area contributed by atoms with Crippen molar-refractivity contribution in [3.05, 3.63) is 0 Å². The standard InChI is InChI=1S/C15H25N3O3/c1-11-5-3-4-6-13(11)21-10-9-16-15(20)12-7-8-14(19)18(2)17-12/h11,13H,3-10H2,1-2H3,(H,16,20)/t11-,13+/m0/s1. The van der Waals surface area contributed by atoms with Crippen LogP contribution in [0.3, 0.4) is 0 Å². The fourth-order valence-corrected chi connectivity index (χ4v) is 2.84. The molecule has 1 aliphatic heterocycles. The van der Waals surface area contributed by atoms with Gasteiger partial charge < -0.3 is 10.1 Å². The zero-order valence-corrected chi connectivity index (χ0v) is 12.9. The first-order valence-electron chi connectivity index (χ1n) is 7.81. The Balaban J connectivity index is 1.67. The average Bonchev–Trinajstić information content (AvgIpc) is 2.48. The molecule has 0 aromatic rings. The summed E-state index contributed by atoms with van der Waals surface area (Å²) in [6.45, 7) is 3.24. The van der Waals surface area contributed by atoms with Crippen LogP contribution < -0.4 is 5.32 Å². The lowest BCUT2D eigenvalue weighted by atomic mass is 9.88. The zero-order chi connectivity index (χ0) is 15.2. The summed E-state index contributed by atoms with van der Waals surface area (Å²) in [4.78, 5) is 23.2. The molecule has 0 aromatic carbocycles. The van der Waals surface area contributed by atoms with Gasteiger partial charge in [-0.05, 0) is 18.8 Å². The van der Waals surface area contributed by atoms with E-state index in [0.717, 1.165) is 6.42 Å². The van der Waals surface area contributed by atoms with Crippen molar-refractivity contribution in [3.8, 4) is 0 Å². The highest BCUT2D eigenvalue weighted by atomic mass is 16.5. The Kier molecular flexibility index (Phi) is 5.73. The van der Waals surface area contributed by atoms with E-state index in [0.29, 0.717) is 43.7 Å². The molecular weight excluding hydrogens is 270 g/mol. The third kappa shape index (κ3) is 4.52. The first-order chi connectivity index (χ1) is 10.1. The zero-order valence-electron chi connectivity index (χ0n) is 12.9. The maximum absolute atomic E-state index is 11.9. The van der Waals surface area contributed by atoms with E-state index in [4.69, 9.17) is 4.74 Å². The van der Waals surface area contributed by atoms with Gasteiger partial charge in [0.25, 0.3) is 5.91 Å². The van der Waals surface area contributed by atoms with E-state index in [1.54, 1.807) is 7.05 Å². The maximum atomic E-state index is 11.9. The smallest absolute Gasteiger partial charge is 0.267 e. The Morgan fingerprint density at radius 3 is 2.86 bits per heavy atom. The summed E-state index contributed by atoms with van der Waals surface area (Å²) in [6, 6.07) is 0. The predicted molar refractivity (Wildman–Crippen MR) is 79.8 cm³/mol. The molecule has 0 bridgehead atoms. The molecule has 1 aliphatic carbocycles. The Bertz CT molecular complexity index is 422. The Morgan fingerprint density at radius 2 is 2.14 bits per heavy atom. The van der Waals surface area contributed by atoms with E-state index in [1.165, 1.54) is 24.3 Å². The van der Waals surface area contributed by atoms with E-state index < -0.39 is 0 Å². The number of carbonyl (C=O) groups excluding carboxylic acids is 2. The summed E-state index contributed by atoms with van der Waals surface area (Å²) in [7, 11) is 1.57. The summed E-state index contributed by atoms with van der Waals surface area (Å²) >= 11 is 0. The summed E-state index contributed by atoms with van der Waals surface area (Å²) in [5, 5.41) is 8.04. The molecule has 2 amide bonds. The van der Waals surface area contributed by atoms with Crippen LogP contribution in [0.5, 0.6) is 0 Å². The second-order valence-electron chi connectivity index (χ2n) is 5.89. The van der Waals surface area contributed by atoms with E-state index in [-0.39, 0.29) is 11.8 Å². The molecule has 118 valence electrons. The molecule has 0 radical (unpaired) electrons. The average molecular weight is 295 g/mol. The number of nitrogens with one attached hydrogen (secondary N) is 1. The molecule has 2 atom stereocenters. The molecule has 6 heteroatoms. The van der Waals surface area contributed by atoms with Crippen LogP contribution in [-0.4, -0.2) is 48.8 Å². The minimum Gasteiger partial charge on any atom is -0.376 e. The van der Waals surface area contributed by atoms with E-state index in [9.17, 15) is 9.59 Å². The van der Waals surface area contributed by atoms with Crippen LogP contribution >= 0.6 is 0 Å². The van der Waals surface area contributed by atoms with Gasteiger partial charge in [0.2, 0.25) is 5.91 Å². The van der Waals surface area contributed by atoms with Gasteiger partial charge in [0.15, 0.2) is 0 Å². The molecule has 1 heterocycles. The Morgan fingerprint density at radius 1 is 1.38 bits per heavy atom. The van der Waals surface area contributed by atoms with Crippen LogP contribution in [0.15, 0.2) is 5.10 Å². The highest BCUT2D eigenvalue weighted by Gasteiger charge is 2.23. The molecular formula is C15H25N3O3. The van der Waals surface area contributed by atoms with Crippen LogP contribution in [-0.2, 0) is 14.3 Å². The molecule has 2 rings (SSSR count). The van der Waals surface area contributed by atoms with Crippen LogP contribution in [0.4, 0.5) is 0 Å². The lowest BCUT2D eigenvalue weighted by Crippen LogP contribution is -2.39. The number of carbonyl (C=O) groups is 2. The monoisotopic (exact) mass is 295 g/mol. The number of rotatable bonds is 5. The summed E-state index contributed by atoms with van der Waals surface area (Å²) in [6.07, 6.45) is 5.96. The van der Waals surface area contributed by atoms with Crippen molar-refractivity contribution in [2.75, 3.05) is 20.2 Å². The highest BCUT2D eigenvalue weighted by molar-refractivity contribution is 6.39. The first kappa shape index (κ1) is 15.9. The summed E-state index contributed by atoms with van der Waals surface area (Å²) < 4.78 is 5.85. The van der Waals surface area contributed by atoms with Gasteiger partial charge in [0, 0.05) is 26.4 Å². The number of hydrogen-bond acceptors (Lipinski definition) is 4. The molecule has 2 aliphatic rings. The molecule has 1 saturated carbocycles. The van der Waals surface area contributed by atoms with Crippen LogP contribution in [0, 0.1) is 5.92 Å². The van der Waals surface area contributed by atoms with Gasteiger partial charge in [-0.25, -0.2) is 5.01 Å². The fraction of sp³-hybridized carbons (Fsp3) is 0.800. The normalized spacial score (nSPS) is 26.5. The predicted octanol–water partition coefficient (Wildman–Crippen LogP) is 1.31. The van der Waals surface area contributed by atoms with Crippen molar-refractivity contribution >= 4 is 17.5 Å². The van der Waals surface area contributed by atoms with Crippen molar-refractivity contribution in [1.29, 1.82) is 0 Å². The SMILES string of the molecule is C[C@H]1CCCC[C@H]1OCCNC(=O)C1=NN(C)C(=O)CC1. The van der Waals surface area contributed by atoms with Crippen molar-refractivity contribution < 1.29 is 14.3 Å². The Labute approximate surface area is 125 Å². The van der Waals surface area contributed by atoms with Crippen LogP contribution in [0.1, 0.15) is 45.4 Å². The molecule has 6 nitrogen and oxygen atoms in total. The van der Waals surface area contributed by atoms with E-state index in [2.05, 4.69) is 17.3 Å². The maximum Gasteiger partial charge on any atom is 0.267 e. The summed E-state index contributed by atoms with van der Waals surface area (Å²) in [5.74, 6) is 0.354. The number of amides is 2. The van der Waals surface area contributed by atoms with Gasteiger partial charge in [0.1, 0.15) is 5.71 Å². The number of hydrazone groups is 1. The summed E-state index contributed by atoms with van der Waals surface area (Å²) in [5.41, 5.74) is 0.420. The van der Waals surface area contributed by atoms with Crippen molar-refractivity contribution in [1.82, 2.24) is 10.3 Å². The molecule has 1 fully saturated rings. The van der Waals surface area contributed by atoms with Gasteiger partial charge in [-0.2, -0.15) is 5.10 Å². The molecule has 21 heavy (non-hydrogen) atoms. The molecule has 1 N–H and O–H groups in total. The number of nitrogens with zero attached hydrogens (tertiary/aromatic N) is 2. The van der Waals surface area contributed by atoms with E-state index >= 15 is 0 Å². The Hall–Kier alpha value is -1.43. The van der Waals surface area contributed by atoms with Crippen molar-refractivity contribution in [2.45, 2.75) is 51.6 Å².